The van der Waals surface area contributed by atoms with Gasteiger partial charge in [-0.1, -0.05) is 0 Å². The SMILES string of the molecule is CN(C)c1ccc(C2CCCN2C(=O)c2cc(C(F)(F)F)[nH]n2)nn1. The molecule has 0 spiro atoms. The minimum atomic E-state index is -4.57. The van der Waals surface area contributed by atoms with Gasteiger partial charge in [-0.2, -0.15) is 23.4 Å². The normalized spacial score (nSPS) is 17.8. The van der Waals surface area contributed by atoms with Crippen molar-refractivity contribution in [2.75, 3.05) is 25.5 Å². The highest BCUT2D eigenvalue weighted by molar-refractivity contribution is 5.92. The molecule has 10 heteroatoms. The molecule has 3 heterocycles. The van der Waals surface area contributed by atoms with Gasteiger partial charge in [0.25, 0.3) is 5.91 Å². The number of rotatable bonds is 3. The Balaban J connectivity index is 1.81. The summed E-state index contributed by atoms with van der Waals surface area (Å²) in [5.74, 6) is 0.134. The van der Waals surface area contributed by atoms with Crippen molar-refractivity contribution in [2.45, 2.75) is 25.1 Å². The maximum atomic E-state index is 12.7. The van der Waals surface area contributed by atoms with E-state index in [0.717, 1.165) is 12.5 Å². The average Bonchev–Trinajstić information content (AvgIpc) is 3.23. The molecule has 1 aliphatic heterocycles. The van der Waals surface area contributed by atoms with E-state index in [1.54, 1.807) is 17.0 Å². The van der Waals surface area contributed by atoms with Crippen molar-refractivity contribution < 1.29 is 18.0 Å². The van der Waals surface area contributed by atoms with Gasteiger partial charge < -0.3 is 9.80 Å². The zero-order valence-corrected chi connectivity index (χ0v) is 13.7. The molecule has 134 valence electrons. The topological polar surface area (TPSA) is 78.0 Å². The highest BCUT2D eigenvalue weighted by Crippen LogP contribution is 2.33. The lowest BCUT2D eigenvalue weighted by atomic mass is 10.1. The molecule has 1 saturated heterocycles. The van der Waals surface area contributed by atoms with Crippen molar-refractivity contribution in [2.24, 2.45) is 0 Å². The molecule has 1 N–H and O–H groups in total. The van der Waals surface area contributed by atoms with Crippen LogP contribution in [0.4, 0.5) is 19.0 Å². The van der Waals surface area contributed by atoms with Gasteiger partial charge in [-0.3, -0.25) is 9.89 Å². The third-order valence-corrected chi connectivity index (χ3v) is 4.09. The monoisotopic (exact) mass is 354 g/mol. The van der Waals surface area contributed by atoms with Crippen LogP contribution in [0.25, 0.3) is 0 Å². The number of aromatic amines is 1. The van der Waals surface area contributed by atoms with Crippen molar-refractivity contribution in [3.63, 3.8) is 0 Å². The van der Waals surface area contributed by atoms with Crippen molar-refractivity contribution >= 4 is 11.7 Å². The third-order valence-electron chi connectivity index (χ3n) is 4.09. The largest absolute Gasteiger partial charge is 0.432 e. The van der Waals surface area contributed by atoms with Crippen LogP contribution in [0, 0.1) is 0 Å². The predicted molar refractivity (Wildman–Crippen MR) is 83.0 cm³/mol. The lowest BCUT2D eigenvalue weighted by Crippen LogP contribution is -2.31. The van der Waals surface area contributed by atoms with E-state index in [-0.39, 0.29) is 11.7 Å². The number of halogens is 3. The summed E-state index contributed by atoms with van der Waals surface area (Å²) in [7, 11) is 3.68. The van der Waals surface area contributed by atoms with Crippen LogP contribution >= 0.6 is 0 Å². The van der Waals surface area contributed by atoms with E-state index in [0.29, 0.717) is 24.5 Å². The van der Waals surface area contributed by atoms with E-state index in [9.17, 15) is 18.0 Å². The summed E-state index contributed by atoms with van der Waals surface area (Å²) in [5, 5.41) is 13.6. The third kappa shape index (κ3) is 3.42. The summed E-state index contributed by atoms with van der Waals surface area (Å²) in [6, 6.07) is 3.99. The first-order valence-corrected chi connectivity index (χ1v) is 7.72. The number of likely N-dealkylation sites (tertiary alicyclic amines) is 1. The molecule has 1 atom stereocenters. The number of nitrogens with zero attached hydrogens (tertiary/aromatic N) is 5. The lowest BCUT2D eigenvalue weighted by Gasteiger charge is -2.23. The highest BCUT2D eigenvalue weighted by Gasteiger charge is 2.37. The Morgan fingerprint density at radius 2 is 2.08 bits per heavy atom. The van der Waals surface area contributed by atoms with Gasteiger partial charge in [0.2, 0.25) is 0 Å². The maximum absolute atomic E-state index is 12.7. The Morgan fingerprint density at radius 1 is 1.32 bits per heavy atom. The standard InChI is InChI=1S/C15H17F3N6O/c1-23(2)13-6-5-9(19-22-13)11-4-3-7-24(11)14(25)10-8-12(21-20-10)15(16,17)18/h5-6,8,11H,3-4,7H2,1-2H3,(H,20,21). The van der Waals surface area contributed by atoms with Crippen molar-refractivity contribution in [1.82, 2.24) is 25.3 Å². The molecule has 1 aliphatic rings. The fraction of sp³-hybridized carbons (Fsp3) is 0.467. The smallest absolute Gasteiger partial charge is 0.361 e. The van der Waals surface area contributed by atoms with Gasteiger partial charge in [-0.05, 0) is 25.0 Å². The van der Waals surface area contributed by atoms with E-state index in [1.807, 2.05) is 19.2 Å². The van der Waals surface area contributed by atoms with Crippen molar-refractivity contribution in [1.29, 1.82) is 0 Å². The lowest BCUT2D eigenvalue weighted by molar-refractivity contribution is -0.141. The molecule has 0 aliphatic carbocycles. The second kappa shape index (κ2) is 6.34. The zero-order valence-electron chi connectivity index (χ0n) is 13.7. The Kier molecular flexibility index (Phi) is 4.36. The molecular weight excluding hydrogens is 337 g/mol. The molecule has 1 amide bonds. The van der Waals surface area contributed by atoms with E-state index in [2.05, 4.69) is 15.3 Å². The number of hydrogen-bond acceptors (Lipinski definition) is 5. The summed E-state index contributed by atoms with van der Waals surface area (Å²) in [6.07, 6.45) is -3.15. The summed E-state index contributed by atoms with van der Waals surface area (Å²) >= 11 is 0. The van der Waals surface area contributed by atoms with E-state index in [1.165, 1.54) is 4.90 Å². The van der Waals surface area contributed by atoms with Gasteiger partial charge in [0.05, 0.1) is 11.7 Å². The summed E-state index contributed by atoms with van der Waals surface area (Å²) < 4.78 is 38.0. The molecular formula is C15H17F3N6O. The van der Waals surface area contributed by atoms with Crippen LogP contribution < -0.4 is 4.90 Å². The predicted octanol–water partition coefficient (Wildman–Crippen LogP) is 2.26. The first kappa shape index (κ1) is 17.2. The fourth-order valence-corrected chi connectivity index (χ4v) is 2.79. The quantitative estimate of drug-likeness (QED) is 0.915. The van der Waals surface area contributed by atoms with Crippen LogP contribution in [0.5, 0.6) is 0 Å². The molecule has 1 unspecified atom stereocenters. The molecule has 1 fully saturated rings. The number of carbonyl (C=O) groups is 1. The van der Waals surface area contributed by atoms with Crippen LogP contribution in [-0.2, 0) is 6.18 Å². The number of amides is 1. The Bertz CT molecular complexity index is 755. The number of anilines is 1. The molecule has 2 aromatic heterocycles. The van der Waals surface area contributed by atoms with Gasteiger partial charge >= 0.3 is 6.18 Å². The molecule has 25 heavy (non-hydrogen) atoms. The van der Waals surface area contributed by atoms with Crippen molar-refractivity contribution in [3.8, 4) is 0 Å². The summed E-state index contributed by atoms with van der Waals surface area (Å²) in [4.78, 5) is 15.9. The maximum Gasteiger partial charge on any atom is 0.432 e. The van der Waals surface area contributed by atoms with Crippen LogP contribution in [0.1, 0.15) is 40.8 Å². The molecule has 0 radical (unpaired) electrons. The summed E-state index contributed by atoms with van der Waals surface area (Å²) in [5.41, 5.74) is -0.679. The minimum Gasteiger partial charge on any atom is -0.361 e. The van der Waals surface area contributed by atoms with E-state index < -0.39 is 17.8 Å². The first-order chi connectivity index (χ1) is 11.8. The first-order valence-electron chi connectivity index (χ1n) is 7.72. The molecule has 3 rings (SSSR count). The molecule has 7 nitrogen and oxygen atoms in total. The van der Waals surface area contributed by atoms with Gasteiger partial charge in [0, 0.05) is 26.7 Å². The number of alkyl halides is 3. The van der Waals surface area contributed by atoms with E-state index >= 15 is 0 Å². The van der Waals surface area contributed by atoms with Gasteiger partial charge in [-0.25, -0.2) is 0 Å². The second-order valence-corrected chi connectivity index (χ2v) is 6.03. The van der Waals surface area contributed by atoms with E-state index in [4.69, 9.17) is 0 Å². The fourth-order valence-electron chi connectivity index (χ4n) is 2.79. The Morgan fingerprint density at radius 3 is 2.64 bits per heavy atom. The molecule has 0 aromatic carbocycles. The molecule has 2 aromatic rings. The van der Waals surface area contributed by atoms with Crippen LogP contribution in [0.15, 0.2) is 18.2 Å². The van der Waals surface area contributed by atoms with Gasteiger partial charge in [0.15, 0.2) is 11.5 Å². The van der Waals surface area contributed by atoms with Gasteiger partial charge in [-0.15, -0.1) is 5.10 Å². The number of carbonyl (C=O) groups excluding carboxylic acids is 1. The minimum absolute atomic E-state index is 0.253. The number of nitrogens with one attached hydrogen (secondary N) is 1. The number of hydrogen-bond donors (Lipinski definition) is 1. The Labute approximate surface area is 141 Å². The summed E-state index contributed by atoms with van der Waals surface area (Å²) in [6.45, 7) is 0.439. The zero-order chi connectivity index (χ0) is 18.2. The molecule has 0 bridgehead atoms. The Hall–Kier alpha value is -2.65. The number of aromatic nitrogens is 4. The second-order valence-electron chi connectivity index (χ2n) is 6.03. The van der Waals surface area contributed by atoms with Crippen molar-refractivity contribution in [3.05, 3.63) is 35.3 Å². The van der Waals surface area contributed by atoms with Crippen LogP contribution in [0.2, 0.25) is 0 Å². The van der Waals surface area contributed by atoms with Crippen LogP contribution in [-0.4, -0.2) is 51.8 Å². The molecule has 0 saturated carbocycles. The average molecular weight is 354 g/mol. The van der Waals surface area contributed by atoms with Crippen LogP contribution in [0.3, 0.4) is 0 Å². The highest BCUT2D eigenvalue weighted by atomic mass is 19.4. The number of H-pyrrole nitrogens is 1. The van der Waals surface area contributed by atoms with Gasteiger partial charge in [0.1, 0.15) is 5.69 Å².